The van der Waals surface area contributed by atoms with Crippen molar-refractivity contribution in [2.24, 2.45) is 5.92 Å². The van der Waals surface area contributed by atoms with Gasteiger partial charge in [0.25, 0.3) is 5.91 Å². The molecule has 0 aromatic heterocycles. The second-order valence-electron chi connectivity index (χ2n) is 3.95. The first-order valence-corrected chi connectivity index (χ1v) is 5.47. The first kappa shape index (κ1) is 13.3. The lowest BCUT2D eigenvalue weighted by Crippen LogP contribution is -2.33. The molecular weight excluding hydrogens is 220 g/mol. The molecule has 0 saturated heterocycles. The Hall–Kier alpha value is -1.75. The summed E-state index contributed by atoms with van der Waals surface area (Å²) in [5.41, 5.74) is 6.17. The Morgan fingerprint density at radius 1 is 1.59 bits per heavy atom. The van der Waals surface area contributed by atoms with Crippen LogP contribution in [0.4, 0.5) is 5.69 Å². The van der Waals surface area contributed by atoms with Crippen LogP contribution in [0.25, 0.3) is 0 Å². The number of aliphatic hydroxyl groups excluding tert-OH is 1. The molecule has 0 saturated carbocycles. The lowest BCUT2D eigenvalue weighted by molar-refractivity contribution is -0.123. The molecule has 1 amide bonds. The van der Waals surface area contributed by atoms with E-state index in [4.69, 9.17) is 15.6 Å². The van der Waals surface area contributed by atoms with E-state index in [2.05, 4.69) is 5.32 Å². The van der Waals surface area contributed by atoms with E-state index in [1.807, 2.05) is 6.92 Å². The molecule has 1 atom stereocenters. The van der Waals surface area contributed by atoms with Crippen molar-refractivity contribution >= 4 is 11.6 Å². The Balaban J connectivity index is 2.28. The Kier molecular flexibility index (Phi) is 5.29. The van der Waals surface area contributed by atoms with Gasteiger partial charge in [-0.2, -0.15) is 0 Å². The topological polar surface area (TPSA) is 84.6 Å². The smallest absolute Gasteiger partial charge is 0.257 e. The minimum atomic E-state index is -0.215. The molecule has 1 unspecified atom stereocenters. The van der Waals surface area contributed by atoms with Crippen LogP contribution >= 0.6 is 0 Å². The summed E-state index contributed by atoms with van der Waals surface area (Å²) in [7, 11) is 0. The molecule has 94 valence electrons. The summed E-state index contributed by atoms with van der Waals surface area (Å²) in [6.45, 7) is 2.28. The Morgan fingerprint density at radius 3 is 3.00 bits per heavy atom. The molecule has 0 bridgehead atoms. The minimum Gasteiger partial charge on any atom is -0.484 e. The molecule has 0 heterocycles. The van der Waals surface area contributed by atoms with E-state index >= 15 is 0 Å². The fourth-order valence-electron chi connectivity index (χ4n) is 1.16. The largest absolute Gasteiger partial charge is 0.484 e. The third-order valence-electron chi connectivity index (χ3n) is 2.19. The van der Waals surface area contributed by atoms with E-state index in [9.17, 15) is 4.79 Å². The minimum absolute atomic E-state index is 0.0475. The second-order valence-corrected chi connectivity index (χ2v) is 3.95. The molecular formula is C12H18N2O3. The van der Waals surface area contributed by atoms with Crippen LogP contribution in [0.3, 0.4) is 0 Å². The molecule has 0 spiro atoms. The van der Waals surface area contributed by atoms with E-state index < -0.39 is 0 Å². The van der Waals surface area contributed by atoms with E-state index in [-0.39, 0.29) is 25.0 Å². The van der Waals surface area contributed by atoms with Gasteiger partial charge in [0.15, 0.2) is 6.61 Å². The molecule has 1 rings (SSSR count). The molecule has 0 radical (unpaired) electrons. The van der Waals surface area contributed by atoms with Gasteiger partial charge in [-0.1, -0.05) is 13.0 Å². The van der Waals surface area contributed by atoms with Gasteiger partial charge in [0, 0.05) is 24.9 Å². The van der Waals surface area contributed by atoms with Crippen LogP contribution < -0.4 is 15.8 Å². The Bertz CT molecular complexity index is 369. The number of anilines is 1. The highest BCUT2D eigenvalue weighted by Crippen LogP contribution is 2.13. The number of carbonyl (C=O) groups excluding carboxylic acids is 1. The van der Waals surface area contributed by atoms with Crippen molar-refractivity contribution < 1.29 is 14.6 Å². The normalized spacial score (nSPS) is 11.9. The number of nitrogen functional groups attached to an aromatic ring is 1. The molecule has 0 aliphatic carbocycles. The van der Waals surface area contributed by atoms with Crippen LogP contribution in [0.1, 0.15) is 6.92 Å². The van der Waals surface area contributed by atoms with Crippen LogP contribution in [0, 0.1) is 5.92 Å². The zero-order valence-corrected chi connectivity index (χ0v) is 9.85. The van der Waals surface area contributed by atoms with Gasteiger partial charge in [-0.25, -0.2) is 0 Å². The molecule has 4 N–H and O–H groups in total. The van der Waals surface area contributed by atoms with Crippen molar-refractivity contribution in [2.45, 2.75) is 6.92 Å². The molecule has 17 heavy (non-hydrogen) atoms. The van der Waals surface area contributed by atoms with Gasteiger partial charge in [0.1, 0.15) is 5.75 Å². The predicted octanol–water partition coefficient (Wildman–Crippen LogP) is 0.392. The SMILES string of the molecule is CC(CO)CNC(=O)COc1cccc(N)c1. The highest BCUT2D eigenvalue weighted by molar-refractivity contribution is 5.77. The summed E-state index contributed by atoms with van der Waals surface area (Å²) in [6.07, 6.45) is 0. The number of aliphatic hydroxyl groups is 1. The molecule has 1 aromatic rings. The molecule has 5 heteroatoms. The number of rotatable bonds is 6. The Morgan fingerprint density at radius 2 is 2.35 bits per heavy atom. The van der Waals surface area contributed by atoms with Crippen LogP contribution in [-0.4, -0.2) is 30.8 Å². The van der Waals surface area contributed by atoms with E-state index in [0.717, 1.165) is 0 Å². The van der Waals surface area contributed by atoms with Gasteiger partial charge >= 0.3 is 0 Å². The quantitative estimate of drug-likeness (QED) is 0.626. The Labute approximate surface area is 101 Å². The fourth-order valence-corrected chi connectivity index (χ4v) is 1.16. The lowest BCUT2D eigenvalue weighted by atomic mass is 10.2. The number of nitrogens with two attached hydrogens (primary N) is 1. The van der Waals surface area contributed by atoms with Crippen molar-refractivity contribution in [1.29, 1.82) is 0 Å². The first-order valence-electron chi connectivity index (χ1n) is 5.47. The molecule has 1 aromatic carbocycles. The average molecular weight is 238 g/mol. The molecule has 0 aliphatic rings. The monoisotopic (exact) mass is 238 g/mol. The van der Waals surface area contributed by atoms with Crippen LogP contribution in [0.2, 0.25) is 0 Å². The van der Waals surface area contributed by atoms with Crippen LogP contribution in [-0.2, 0) is 4.79 Å². The van der Waals surface area contributed by atoms with Gasteiger partial charge in [-0.15, -0.1) is 0 Å². The number of amides is 1. The summed E-state index contributed by atoms with van der Waals surface area (Å²) in [4.78, 5) is 11.4. The van der Waals surface area contributed by atoms with Crippen molar-refractivity contribution in [2.75, 3.05) is 25.5 Å². The van der Waals surface area contributed by atoms with Crippen LogP contribution in [0.15, 0.2) is 24.3 Å². The molecule has 0 aliphatic heterocycles. The number of nitrogens with one attached hydrogen (secondary N) is 1. The van der Waals surface area contributed by atoms with Crippen molar-refractivity contribution in [1.82, 2.24) is 5.32 Å². The highest BCUT2D eigenvalue weighted by Gasteiger charge is 2.05. The molecule has 0 fully saturated rings. The molecule has 5 nitrogen and oxygen atoms in total. The summed E-state index contributed by atoms with van der Waals surface area (Å²) in [5, 5.41) is 11.5. The second kappa shape index (κ2) is 6.75. The highest BCUT2D eigenvalue weighted by atomic mass is 16.5. The lowest BCUT2D eigenvalue weighted by Gasteiger charge is -2.10. The summed E-state index contributed by atoms with van der Waals surface area (Å²) in [5.74, 6) is 0.398. The zero-order valence-electron chi connectivity index (χ0n) is 9.85. The van der Waals surface area contributed by atoms with Crippen LogP contribution in [0.5, 0.6) is 5.75 Å². The zero-order chi connectivity index (χ0) is 12.7. The standard InChI is InChI=1S/C12H18N2O3/c1-9(7-15)6-14-12(16)8-17-11-4-2-3-10(13)5-11/h2-5,9,15H,6-8,13H2,1H3,(H,14,16). The number of benzene rings is 1. The summed E-state index contributed by atoms with van der Waals surface area (Å²) >= 11 is 0. The number of carbonyl (C=O) groups is 1. The number of hydrogen-bond donors (Lipinski definition) is 3. The van der Waals surface area contributed by atoms with Crippen molar-refractivity contribution in [3.63, 3.8) is 0 Å². The third-order valence-corrected chi connectivity index (χ3v) is 2.19. The van der Waals surface area contributed by atoms with Gasteiger partial charge < -0.3 is 20.9 Å². The van der Waals surface area contributed by atoms with Gasteiger partial charge in [-0.05, 0) is 18.1 Å². The fraction of sp³-hybridized carbons (Fsp3) is 0.417. The third kappa shape index (κ3) is 5.21. The van der Waals surface area contributed by atoms with E-state index in [1.54, 1.807) is 24.3 Å². The summed E-state index contributed by atoms with van der Waals surface area (Å²) < 4.78 is 5.26. The summed E-state index contributed by atoms with van der Waals surface area (Å²) in [6, 6.07) is 6.90. The van der Waals surface area contributed by atoms with Gasteiger partial charge in [0.2, 0.25) is 0 Å². The predicted molar refractivity (Wildman–Crippen MR) is 65.6 cm³/mol. The maximum atomic E-state index is 11.4. The number of ether oxygens (including phenoxy) is 1. The number of hydrogen-bond acceptors (Lipinski definition) is 4. The van der Waals surface area contributed by atoms with Gasteiger partial charge in [-0.3, -0.25) is 4.79 Å². The van der Waals surface area contributed by atoms with E-state index in [1.165, 1.54) is 0 Å². The van der Waals surface area contributed by atoms with Crippen molar-refractivity contribution in [3.05, 3.63) is 24.3 Å². The maximum absolute atomic E-state index is 11.4. The van der Waals surface area contributed by atoms with Gasteiger partial charge in [0.05, 0.1) is 0 Å². The van der Waals surface area contributed by atoms with Crippen molar-refractivity contribution in [3.8, 4) is 5.75 Å². The first-order chi connectivity index (χ1) is 8.11. The van der Waals surface area contributed by atoms with E-state index in [0.29, 0.717) is 18.0 Å². The average Bonchev–Trinajstić information content (AvgIpc) is 2.33. The maximum Gasteiger partial charge on any atom is 0.257 e.